The van der Waals surface area contributed by atoms with E-state index in [1.54, 1.807) is 7.05 Å². The number of nitrogens with zero attached hydrogens (tertiary/aromatic N) is 2. The zero-order chi connectivity index (χ0) is 16.8. The van der Waals surface area contributed by atoms with E-state index in [1.807, 2.05) is 18.2 Å². The number of likely N-dealkylation sites (tertiary alicyclic amines) is 1. The van der Waals surface area contributed by atoms with E-state index in [0.717, 1.165) is 42.7 Å². The third-order valence-electron chi connectivity index (χ3n) is 4.51. The van der Waals surface area contributed by atoms with Crippen LogP contribution in [0.25, 0.3) is 0 Å². The summed E-state index contributed by atoms with van der Waals surface area (Å²) in [4.78, 5) is 6.72. The zero-order valence-corrected chi connectivity index (χ0v) is 14.7. The van der Waals surface area contributed by atoms with E-state index < -0.39 is 0 Å². The lowest BCUT2D eigenvalue weighted by Crippen LogP contribution is -2.41. The molecule has 0 amide bonds. The third-order valence-corrected chi connectivity index (χ3v) is 4.51. The summed E-state index contributed by atoms with van der Waals surface area (Å²) >= 11 is 0. The van der Waals surface area contributed by atoms with E-state index >= 15 is 0 Å². The van der Waals surface area contributed by atoms with Gasteiger partial charge in [0.2, 0.25) is 0 Å². The number of fused-ring (bicyclic) bond motifs is 1. The Labute approximate surface area is 144 Å². The van der Waals surface area contributed by atoms with Crippen molar-refractivity contribution in [2.75, 3.05) is 52.3 Å². The van der Waals surface area contributed by atoms with Crippen LogP contribution in [0.5, 0.6) is 11.5 Å². The standard InChI is InChI=1S/C18H28N4O2/c1-19-18(20-12-14-5-3-8-22(2)13-14)21-15-6-7-16-17(11-15)24-10-4-9-23-16/h6-7,11,14H,3-5,8-10,12-13H2,1-2H3,(H2,19,20,21). The Balaban J connectivity index is 1.56. The lowest BCUT2D eigenvalue weighted by molar-refractivity contribution is 0.211. The van der Waals surface area contributed by atoms with Gasteiger partial charge in [0.15, 0.2) is 17.5 Å². The number of aliphatic imine (C=N–C) groups is 1. The maximum atomic E-state index is 5.74. The van der Waals surface area contributed by atoms with E-state index in [1.165, 1.54) is 19.4 Å². The van der Waals surface area contributed by atoms with Gasteiger partial charge in [0.1, 0.15) is 0 Å². The number of piperidine rings is 1. The number of ether oxygens (including phenoxy) is 2. The molecule has 1 aromatic carbocycles. The van der Waals surface area contributed by atoms with Crippen LogP contribution in [-0.4, -0.2) is 57.8 Å². The Morgan fingerprint density at radius 2 is 2.08 bits per heavy atom. The molecule has 1 aromatic rings. The predicted octanol–water partition coefficient (Wildman–Crippen LogP) is 2.18. The normalized spacial score (nSPS) is 21.9. The first kappa shape index (κ1) is 16.9. The second kappa shape index (κ2) is 8.24. The quantitative estimate of drug-likeness (QED) is 0.656. The van der Waals surface area contributed by atoms with Gasteiger partial charge in [-0.05, 0) is 44.5 Å². The highest BCUT2D eigenvalue weighted by molar-refractivity contribution is 5.93. The van der Waals surface area contributed by atoms with Crippen LogP contribution in [0.4, 0.5) is 5.69 Å². The summed E-state index contributed by atoms with van der Waals surface area (Å²) in [5.41, 5.74) is 0.952. The Morgan fingerprint density at radius 3 is 2.88 bits per heavy atom. The van der Waals surface area contributed by atoms with Gasteiger partial charge in [-0.25, -0.2) is 0 Å². The van der Waals surface area contributed by atoms with E-state index in [0.29, 0.717) is 19.1 Å². The molecule has 2 N–H and O–H groups in total. The third kappa shape index (κ3) is 4.54. The van der Waals surface area contributed by atoms with E-state index in [9.17, 15) is 0 Å². The monoisotopic (exact) mass is 332 g/mol. The fourth-order valence-electron chi connectivity index (χ4n) is 3.24. The topological polar surface area (TPSA) is 58.1 Å². The number of anilines is 1. The SMILES string of the molecule is CN=C(NCC1CCCN(C)C1)Nc1ccc2c(c1)OCCCO2. The average Bonchev–Trinajstić information content (AvgIpc) is 2.83. The lowest BCUT2D eigenvalue weighted by Gasteiger charge is -2.30. The zero-order valence-electron chi connectivity index (χ0n) is 14.7. The van der Waals surface area contributed by atoms with E-state index in [-0.39, 0.29) is 0 Å². The van der Waals surface area contributed by atoms with Gasteiger partial charge in [-0.3, -0.25) is 4.99 Å². The van der Waals surface area contributed by atoms with Crippen molar-refractivity contribution in [2.45, 2.75) is 19.3 Å². The van der Waals surface area contributed by atoms with Crippen molar-refractivity contribution in [3.05, 3.63) is 18.2 Å². The van der Waals surface area contributed by atoms with Gasteiger partial charge < -0.3 is 25.0 Å². The summed E-state index contributed by atoms with van der Waals surface area (Å²) in [6.45, 7) is 4.70. The first-order valence-corrected chi connectivity index (χ1v) is 8.80. The highest BCUT2D eigenvalue weighted by atomic mass is 16.5. The van der Waals surface area contributed by atoms with Crippen LogP contribution in [0.3, 0.4) is 0 Å². The second-order valence-electron chi connectivity index (χ2n) is 6.56. The number of rotatable bonds is 3. The molecule has 6 heteroatoms. The molecule has 0 aromatic heterocycles. The molecule has 2 aliphatic rings. The summed E-state index contributed by atoms with van der Waals surface area (Å²) < 4.78 is 11.4. The number of nitrogens with one attached hydrogen (secondary N) is 2. The van der Waals surface area contributed by atoms with E-state index in [2.05, 4.69) is 27.6 Å². The van der Waals surface area contributed by atoms with Crippen LogP contribution in [0.1, 0.15) is 19.3 Å². The predicted molar refractivity (Wildman–Crippen MR) is 97.3 cm³/mol. The minimum atomic E-state index is 0.672. The molecule has 3 rings (SSSR count). The molecule has 6 nitrogen and oxygen atoms in total. The summed E-state index contributed by atoms with van der Waals surface area (Å²) in [7, 11) is 3.99. The highest BCUT2D eigenvalue weighted by Gasteiger charge is 2.17. The van der Waals surface area contributed by atoms with Crippen molar-refractivity contribution >= 4 is 11.6 Å². The van der Waals surface area contributed by atoms with Gasteiger partial charge >= 0.3 is 0 Å². The first-order chi connectivity index (χ1) is 11.7. The van der Waals surface area contributed by atoms with Crippen molar-refractivity contribution in [1.82, 2.24) is 10.2 Å². The molecule has 0 spiro atoms. The van der Waals surface area contributed by atoms with Crippen LogP contribution >= 0.6 is 0 Å². The molecule has 132 valence electrons. The maximum Gasteiger partial charge on any atom is 0.195 e. The van der Waals surface area contributed by atoms with Crippen molar-refractivity contribution in [3.63, 3.8) is 0 Å². The molecule has 0 aliphatic carbocycles. The first-order valence-electron chi connectivity index (χ1n) is 8.80. The van der Waals surface area contributed by atoms with Crippen LogP contribution in [0.15, 0.2) is 23.2 Å². The molecule has 1 saturated heterocycles. The van der Waals surface area contributed by atoms with Crippen LogP contribution in [0.2, 0.25) is 0 Å². The Hall–Kier alpha value is -1.95. The maximum absolute atomic E-state index is 5.74. The van der Waals surface area contributed by atoms with Gasteiger partial charge in [0.05, 0.1) is 13.2 Å². The van der Waals surface area contributed by atoms with Crippen molar-refractivity contribution < 1.29 is 9.47 Å². The fourth-order valence-corrected chi connectivity index (χ4v) is 3.24. The molecule has 24 heavy (non-hydrogen) atoms. The molecule has 0 saturated carbocycles. The van der Waals surface area contributed by atoms with Crippen molar-refractivity contribution in [1.29, 1.82) is 0 Å². The minimum Gasteiger partial charge on any atom is -0.490 e. The summed E-state index contributed by atoms with van der Waals surface area (Å²) in [6.07, 6.45) is 3.46. The fraction of sp³-hybridized carbons (Fsp3) is 0.611. The summed E-state index contributed by atoms with van der Waals surface area (Å²) in [5.74, 6) is 3.07. The Bertz CT molecular complexity index is 576. The van der Waals surface area contributed by atoms with Gasteiger partial charge in [0.25, 0.3) is 0 Å². The van der Waals surface area contributed by atoms with E-state index in [4.69, 9.17) is 9.47 Å². The van der Waals surface area contributed by atoms with Gasteiger partial charge in [-0.2, -0.15) is 0 Å². The molecule has 1 unspecified atom stereocenters. The molecule has 2 aliphatic heterocycles. The average molecular weight is 332 g/mol. The lowest BCUT2D eigenvalue weighted by atomic mass is 9.99. The van der Waals surface area contributed by atoms with Crippen LogP contribution in [0, 0.1) is 5.92 Å². The molecule has 0 bridgehead atoms. The van der Waals surface area contributed by atoms with Gasteiger partial charge in [-0.1, -0.05) is 0 Å². The number of guanidine groups is 1. The molecule has 2 heterocycles. The minimum absolute atomic E-state index is 0.672. The Morgan fingerprint density at radius 1 is 1.25 bits per heavy atom. The number of hydrogen-bond acceptors (Lipinski definition) is 4. The van der Waals surface area contributed by atoms with Gasteiger partial charge in [0, 0.05) is 38.3 Å². The van der Waals surface area contributed by atoms with Crippen molar-refractivity contribution in [2.24, 2.45) is 10.9 Å². The molecule has 1 fully saturated rings. The number of benzene rings is 1. The largest absolute Gasteiger partial charge is 0.490 e. The summed E-state index contributed by atoms with van der Waals surface area (Å²) in [5, 5.41) is 6.78. The van der Waals surface area contributed by atoms with Gasteiger partial charge in [-0.15, -0.1) is 0 Å². The molecular formula is C18H28N4O2. The number of hydrogen-bond donors (Lipinski definition) is 2. The molecular weight excluding hydrogens is 304 g/mol. The van der Waals surface area contributed by atoms with Crippen LogP contribution in [-0.2, 0) is 0 Å². The second-order valence-corrected chi connectivity index (χ2v) is 6.56. The van der Waals surface area contributed by atoms with Crippen LogP contribution < -0.4 is 20.1 Å². The smallest absolute Gasteiger partial charge is 0.195 e. The summed E-state index contributed by atoms with van der Waals surface area (Å²) in [6, 6.07) is 5.92. The Kier molecular flexibility index (Phi) is 5.80. The molecule has 1 atom stereocenters. The van der Waals surface area contributed by atoms with Crippen molar-refractivity contribution in [3.8, 4) is 11.5 Å². The molecule has 0 radical (unpaired) electrons. The highest BCUT2D eigenvalue weighted by Crippen LogP contribution is 2.32.